The SMILES string of the molecule is N[C@@H](CC(=O)O)c1ccc(Cl)c([N+](=O)[O-])c1. The summed E-state index contributed by atoms with van der Waals surface area (Å²) in [6.07, 6.45) is -0.293. The Labute approximate surface area is 95.8 Å². The average Bonchev–Trinajstić information content (AvgIpc) is 2.16. The van der Waals surface area contributed by atoms with E-state index in [1.165, 1.54) is 18.2 Å². The summed E-state index contributed by atoms with van der Waals surface area (Å²) in [5.41, 5.74) is 5.66. The highest BCUT2D eigenvalue weighted by Gasteiger charge is 2.17. The lowest BCUT2D eigenvalue weighted by molar-refractivity contribution is -0.384. The summed E-state index contributed by atoms with van der Waals surface area (Å²) < 4.78 is 0. The van der Waals surface area contributed by atoms with E-state index in [1.807, 2.05) is 0 Å². The fourth-order valence-electron chi connectivity index (χ4n) is 1.21. The summed E-state index contributed by atoms with van der Waals surface area (Å²) in [5, 5.41) is 19.1. The van der Waals surface area contributed by atoms with Crippen LogP contribution in [0.5, 0.6) is 0 Å². The highest BCUT2D eigenvalue weighted by Crippen LogP contribution is 2.27. The zero-order chi connectivity index (χ0) is 12.3. The molecule has 0 unspecified atom stereocenters. The van der Waals surface area contributed by atoms with E-state index >= 15 is 0 Å². The second-order valence-corrected chi connectivity index (χ2v) is 3.58. The number of rotatable bonds is 4. The zero-order valence-corrected chi connectivity index (χ0v) is 8.85. The molecule has 1 aromatic rings. The lowest BCUT2D eigenvalue weighted by Crippen LogP contribution is -2.15. The monoisotopic (exact) mass is 244 g/mol. The normalized spacial score (nSPS) is 12.1. The number of aliphatic carboxylic acids is 1. The first kappa shape index (κ1) is 12.4. The molecule has 0 spiro atoms. The van der Waals surface area contributed by atoms with Crippen molar-refractivity contribution in [3.63, 3.8) is 0 Å². The van der Waals surface area contributed by atoms with Gasteiger partial charge in [0.05, 0.1) is 11.3 Å². The van der Waals surface area contributed by atoms with Crippen molar-refractivity contribution in [2.75, 3.05) is 0 Å². The maximum Gasteiger partial charge on any atom is 0.305 e. The second kappa shape index (κ2) is 4.91. The minimum atomic E-state index is -1.06. The number of nitrogens with two attached hydrogens (primary N) is 1. The summed E-state index contributed by atoms with van der Waals surface area (Å²) in [7, 11) is 0. The first-order chi connectivity index (χ1) is 7.41. The molecule has 0 aliphatic rings. The molecule has 0 heterocycles. The van der Waals surface area contributed by atoms with Crippen LogP contribution in [0.1, 0.15) is 18.0 Å². The summed E-state index contributed by atoms with van der Waals surface area (Å²) in [6, 6.07) is 3.21. The molecule has 0 saturated carbocycles. The summed E-state index contributed by atoms with van der Waals surface area (Å²) in [4.78, 5) is 20.4. The third kappa shape index (κ3) is 2.91. The Kier molecular flexibility index (Phi) is 3.81. The number of halogens is 1. The number of hydrogen-bond acceptors (Lipinski definition) is 4. The van der Waals surface area contributed by atoms with E-state index in [4.69, 9.17) is 22.4 Å². The first-order valence-electron chi connectivity index (χ1n) is 4.33. The lowest BCUT2D eigenvalue weighted by atomic mass is 10.0. The molecule has 6 nitrogen and oxygen atoms in total. The summed E-state index contributed by atoms with van der Waals surface area (Å²) in [6.45, 7) is 0. The van der Waals surface area contributed by atoms with E-state index in [-0.39, 0.29) is 17.1 Å². The van der Waals surface area contributed by atoms with Crippen LogP contribution in [0, 0.1) is 10.1 Å². The van der Waals surface area contributed by atoms with E-state index in [2.05, 4.69) is 0 Å². The van der Waals surface area contributed by atoms with Crippen molar-refractivity contribution in [3.8, 4) is 0 Å². The molecule has 16 heavy (non-hydrogen) atoms. The highest BCUT2D eigenvalue weighted by atomic mass is 35.5. The van der Waals surface area contributed by atoms with Crippen molar-refractivity contribution in [2.24, 2.45) is 5.73 Å². The number of nitrogens with zero attached hydrogens (tertiary/aromatic N) is 1. The molecular formula is C9H9ClN2O4. The van der Waals surface area contributed by atoms with Crippen LogP contribution in [0.4, 0.5) is 5.69 Å². The smallest absolute Gasteiger partial charge is 0.305 e. The summed E-state index contributed by atoms with van der Waals surface area (Å²) >= 11 is 5.60. The van der Waals surface area contributed by atoms with Gasteiger partial charge in [0.25, 0.3) is 5.69 Å². The molecule has 0 aliphatic heterocycles. The molecule has 1 atom stereocenters. The van der Waals surface area contributed by atoms with Crippen molar-refractivity contribution in [2.45, 2.75) is 12.5 Å². The Morgan fingerprint density at radius 3 is 2.75 bits per heavy atom. The topological polar surface area (TPSA) is 106 Å². The zero-order valence-electron chi connectivity index (χ0n) is 8.09. The highest BCUT2D eigenvalue weighted by molar-refractivity contribution is 6.32. The van der Waals surface area contributed by atoms with E-state index in [1.54, 1.807) is 0 Å². The Bertz CT molecular complexity index is 436. The molecule has 0 radical (unpaired) electrons. The Morgan fingerprint density at radius 2 is 2.25 bits per heavy atom. The molecule has 1 rings (SSSR count). The van der Waals surface area contributed by atoms with Gasteiger partial charge in [0.2, 0.25) is 0 Å². The van der Waals surface area contributed by atoms with Crippen LogP contribution in [-0.4, -0.2) is 16.0 Å². The second-order valence-electron chi connectivity index (χ2n) is 3.17. The molecule has 0 aromatic heterocycles. The number of hydrogen-bond donors (Lipinski definition) is 2. The van der Waals surface area contributed by atoms with Gasteiger partial charge in [-0.25, -0.2) is 0 Å². The molecule has 0 fully saturated rings. The van der Waals surface area contributed by atoms with Gasteiger partial charge in [0, 0.05) is 12.1 Å². The number of nitro benzene ring substituents is 1. The molecule has 0 amide bonds. The van der Waals surface area contributed by atoms with Crippen molar-refractivity contribution in [1.82, 2.24) is 0 Å². The van der Waals surface area contributed by atoms with Crippen molar-refractivity contribution >= 4 is 23.3 Å². The van der Waals surface area contributed by atoms with Crippen molar-refractivity contribution in [3.05, 3.63) is 38.9 Å². The van der Waals surface area contributed by atoms with Gasteiger partial charge in [-0.05, 0) is 11.6 Å². The maximum atomic E-state index is 10.6. The molecular weight excluding hydrogens is 236 g/mol. The van der Waals surface area contributed by atoms with Crippen LogP contribution >= 0.6 is 11.6 Å². The lowest BCUT2D eigenvalue weighted by Gasteiger charge is -2.09. The predicted octanol–water partition coefficient (Wildman–Crippen LogP) is 1.72. The summed E-state index contributed by atoms with van der Waals surface area (Å²) in [5.74, 6) is -1.06. The average molecular weight is 245 g/mol. The van der Waals surface area contributed by atoms with Gasteiger partial charge in [-0.1, -0.05) is 17.7 Å². The third-order valence-electron chi connectivity index (χ3n) is 1.99. The Balaban J connectivity index is 3.02. The van der Waals surface area contributed by atoms with Gasteiger partial charge in [-0.2, -0.15) is 0 Å². The fraction of sp³-hybridized carbons (Fsp3) is 0.222. The van der Waals surface area contributed by atoms with Crippen molar-refractivity contribution < 1.29 is 14.8 Å². The third-order valence-corrected chi connectivity index (χ3v) is 2.31. The minimum Gasteiger partial charge on any atom is -0.481 e. The van der Waals surface area contributed by atoms with Gasteiger partial charge >= 0.3 is 5.97 Å². The van der Waals surface area contributed by atoms with Gasteiger partial charge in [-0.3, -0.25) is 14.9 Å². The molecule has 0 aliphatic carbocycles. The van der Waals surface area contributed by atoms with Gasteiger partial charge < -0.3 is 10.8 Å². The standard InChI is InChI=1S/C9H9ClN2O4/c10-6-2-1-5(3-8(6)12(15)16)7(11)4-9(13)14/h1-3,7H,4,11H2,(H,13,14)/t7-/m0/s1. The fourth-order valence-corrected chi connectivity index (χ4v) is 1.39. The largest absolute Gasteiger partial charge is 0.481 e. The van der Waals surface area contributed by atoms with E-state index in [9.17, 15) is 14.9 Å². The van der Waals surface area contributed by atoms with Crippen LogP contribution in [-0.2, 0) is 4.79 Å². The van der Waals surface area contributed by atoms with Crippen LogP contribution in [0.3, 0.4) is 0 Å². The van der Waals surface area contributed by atoms with Crippen LogP contribution in [0.15, 0.2) is 18.2 Å². The van der Waals surface area contributed by atoms with E-state index in [0.717, 1.165) is 0 Å². The van der Waals surface area contributed by atoms with Gasteiger partial charge in [-0.15, -0.1) is 0 Å². The quantitative estimate of drug-likeness (QED) is 0.619. The number of benzene rings is 1. The Morgan fingerprint density at radius 1 is 1.62 bits per heavy atom. The number of carbonyl (C=O) groups is 1. The maximum absolute atomic E-state index is 10.6. The molecule has 0 bridgehead atoms. The molecule has 86 valence electrons. The molecule has 7 heteroatoms. The van der Waals surface area contributed by atoms with E-state index < -0.39 is 16.9 Å². The molecule has 1 aromatic carbocycles. The van der Waals surface area contributed by atoms with E-state index in [0.29, 0.717) is 5.56 Å². The Hall–Kier alpha value is -1.66. The van der Waals surface area contributed by atoms with Crippen LogP contribution in [0.2, 0.25) is 5.02 Å². The van der Waals surface area contributed by atoms with Gasteiger partial charge in [0.1, 0.15) is 5.02 Å². The first-order valence-corrected chi connectivity index (χ1v) is 4.71. The minimum absolute atomic E-state index is 0.00345. The van der Waals surface area contributed by atoms with Crippen LogP contribution in [0.25, 0.3) is 0 Å². The van der Waals surface area contributed by atoms with Gasteiger partial charge in [0.15, 0.2) is 0 Å². The van der Waals surface area contributed by atoms with Crippen LogP contribution < -0.4 is 5.73 Å². The predicted molar refractivity (Wildman–Crippen MR) is 57.3 cm³/mol. The molecule has 3 N–H and O–H groups in total. The molecule has 0 saturated heterocycles. The number of carboxylic acids is 1. The number of nitro groups is 1. The number of carboxylic acid groups (broad SMARTS) is 1. The van der Waals surface area contributed by atoms with Crippen molar-refractivity contribution in [1.29, 1.82) is 0 Å².